The number of hydrogen-bond donors (Lipinski definition) is 2. The smallest absolute Gasteiger partial charge is 0.264 e. The van der Waals surface area contributed by atoms with Gasteiger partial charge in [0.1, 0.15) is 10.7 Å². The third-order valence-corrected chi connectivity index (χ3v) is 5.49. The van der Waals surface area contributed by atoms with E-state index in [0.717, 1.165) is 10.8 Å². The van der Waals surface area contributed by atoms with Gasteiger partial charge >= 0.3 is 0 Å². The normalized spacial score (nSPS) is 12.0. The number of benzene rings is 3. The topological polar surface area (TPSA) is 62.0 Å². The van der Waals surface area contributed by atoms with Crippen LogP contribution in [-0.4, -0.2) is 13.4 Å². The maximum atomic E-state index is 13.8. The van der Waals surface area contributed by atoms with E-state index in [2.05, 4.69) is 4.98 Å². The number of fused-ring (bicyclic) bond motifs is 3. The van der Waals surface area contributed by atoms with Crippen molar-refractivity contribution in [1.82, 2.24) is 4.98 Å². The Hall–Kier alpha value is -3.00. The molecule has 0 spiro atoms. The molecule has 0 fully saturated rings. The number of nitrogens with one attached hydrogen (secondary N) is 2. The molecule has 0 saturated heterocycles. The maximum Gasteiger partial charge on any atom is 0.264 e. The second-order valence-corrected chi connectivity index (χ2v) is 7.36. The summed E-state index contributed by atoms with van der Waals surface area (Å²) in [4.78, 5) is 2.79. The summed E-state index contributed by atoms with van der Waals surface area (Å²) in [5, 5.41) is 2.15. The zero-order chi connectivity index (χ0) is 18.5. The first-order chi connectivity index (χ1) is 12.4. The van der Waals surface area contributed by atoms with Crippen LogP contribution in [0.25, 0.3) is 21.7 Å². The lowest BCUT2D eigenvalue weighted by atomic mass is 10.1. The minimum absolute atomic E-state index is 0.123. The molecule has 8 heteroatoms. The molecule has 3 aromatic carbocycles. The van der Waals surface area contributed by atoms with E-state index < -0.39 is 33.2 Å². The van der Waals surface area contributed by atoms with E-state index in [1.54, 1.807) is 12.1 Å². The van der Waals surface area contributed by atoms with Crippen molar-refractivity contribution in [2.24, 2.45) is 0 Å². The third-order valence-electron chi connectivity index (χ3n) is 4.09. The molecule has 4 rings (SSSR count). The Morgan fingerprint density at radius 1 is 0.846 bits per heavy atom. The van der Waals surface area contributed by atoms with Crippen molar-refractivity contribution in [3.63, 3.8) is 0 Å². The van der Waals surface area contributed by atoms with E-state index in [1.807, 2.05) is 29.0 Å². The SMILES string of the molecule is O=S(=O)(Nc1cc(F)c(F)cc1F)c1c[nH]c2c1ccc1ccccc12. The largest absolute Gasteiger partial charge is 0.359 e. The van der Waals surface area contributed by atoms with Crippen LogP contribution in [0.2, 0.25) is 0 Å². The average Bonchev–Trinajstić information content (AvgIpc) is 3.05. The Balaban J connectivity index is 1.84. The molecule has 4 aromatic rings. The highest BCUT2D eigenvalue weighted by molar-refractivity contribution is 7.93. The average molecular weight is 376 g/mol. The van der Waals surface area contributed by atoms with Crippen molar-refractivity contribution in [2.75, 3.05) is 4.72 Å². The Bertz CT molecular complexity index is 1270. The van der Waals surface area contributed by atoms with E-state index in [1.165, 1.54) is 6.20 Å². The van der Waals surface area contributed by atoms with E-state index in [4.69, 9.17) is 0 Å². The molecule has 0 radical (unpaired) electrons. The first-order valence-corrected chi connectivity index (χ1v) is 9.01. The summed E-state index contributed by atoms with van der Waals surface area (Å²) in [7, 11) is -4.23. The van der Waals surface area contributed by atoms with Gasteiger partial charge in [-0.2, -0.15) is 0 Å². The summed E-state index contributed by atoms with van der Waals surface area (Å²) >= 11 is 0. The van der Waals surface area contributed by atoms with Crippen molar-refractivity contribution in [3.8, 4) is 0 Å². The van der Waals surface area contributed by atoms with Gasteiger partial charge in [0.05, 0.1) is 11.2 Å². The van der Waals surface area contributed by atoms with Gasteiger partial charge in [-0.15, -0.1) is 0 Å². The van der Waals surface area contributed by atoms with Gasteiger partial charge < -0.3 is 4.98 Å². The first-order valence-electron chi connectivity index (χ1n) is 7.53. The van der Waals surface area contributed by atoms with Gasteiger partial charge in [-0.25, -0.2) is 21.6 Å². The van der Waals surface area contributed by atoms with Crippen molar-refractivity contribution in [3.05, 3.63) is 72.2 Å². The third kappa shape index (κ3) is 2.59. The minimum atomic E-state index is -4.23. The van der Waals surface area contributed by atoms with Crippen molar-refractivity contribution in [1.29, 1.82) is 0 Å². The number of halogens is 3. The number of rotatable bonds is 3. The van der Waals surface area contributed by atoms with Crippen LogP contribution in [0.1, 0.15) is 0 Å². The van der Waals surface area contributed by atoms with Crippen molar-refractivity contribution in [2.45, 2.75) is 4.90 Å². The lowest BCUT2D eigenvalue weighted by Crippen LogP contribution is -2.14. The molecular formula is C18H11F3N2O2S. The number of aromatic nitrogens is 1. The van der Waals surface area contributed by atoms with Crippen LogP contribution < -0.4 is 4.72 Å². The number of hydrogen-bond acceptors (Lipinski definition) is 2. The summed E-state index contributed by atoms with van der Waals surface area (Å²) in [6, 6.07) is 11.6. The van der Waals surface area contributed by atoms with E-state index in [-0.39, 0.29) is 11.0 Å². The predicted molar refractivity (Wildman–Crippen MR) is 92.9 cm³/mol. The van der Waals surface area contributed by atoms with E-state index in [9.17, 15) is 21.6 Å². The van der Waals surface area contributed by atoms with E-state index >= 15 is 0 Å². The van der Waals surface area contributed by atoms with Crippen LogP contribution in [0.5, 0.6) is 0 Å². The molecule has 1 heterocycles. The van der Waals surface area contributed by atoms with Gasteiger partial charge in [0.2, 0.25) is 0 Å². The Labute approximate surface area is 146 Å². The lowest BCUT2D eigenvalue weighted by Gasteiger charge is -2.09. The fourth-order valence-corrected chi connectivity index (χ4v) is 4.10. The Kier molecular flexibility index (Phi) is 3.66. The predicted octanol–water partition coefficient (Wildman–Crippen LogP) is 4.54. The summed E-state index contributed by atoms with van der Waals surface area (Å²) < 4.78 is 67.4. The highest BCUT2D eigenvalue weighted by Gasteiger charge is 2.22. The minimum Gasteiger partial charge on any atom is -0.359 e. The highest BCUT2D eigenvalue weighted by Crippen LogP contribution is 2.31. The van der Waals surface area contributed by atoms with Crippen LogP contribution in [0, 0.1) is 17.5 Å². The zero-order valence-corrected chi connectivity index (χ0v) is 13.9. The van der Waals surface area contributed by atoms with Gasteiger partial charge in [0.25, 0.3) is 10.0 Å². The van der Waals surface area contributed by atoms with Crippen LogP contribution in [0.15, 0.2) is 59.6 Å². The second kappa shape index (κ2) is 5.77. The van der Waals surface area contributed by atoms with E-state index in [0.29, 0.717) is 17.0 Å². The van der Waals surface area contributed by atoms with Crippen LogP contribution >= 0.6 is 0 Å². The molecule has 132 valence electrons. The van der Waals surface area contributed by atoms with Gasteiger partial charge in [0, 0.05) is 29.1 Å². The van der Waals surface area contributed by atoms with Crippen LogP contribution in [-0.2, 0) is 10.0 Å². The molecule has 1 aromatic heterocycles. The van der Waals surface area contributed by atoms with Crippen molar-refractivity contribution >= 4 is 37.4 Å². The second-order valence-electron chi connectivity index (χ2n) is 5.71. The standard InChI is InChI=1S/C18H11F3N2O2S/c19-13-7-15(21)16(8-14(13)20)23-26(24,25)17-9-22-18-11-4-2-1-3-10(11)5-6-12(17)18/h1-9,22-23H. The molecule has 4 nitrogen and oxygen atoms in total. The molecule has 0 aliphatic carbocycles. The Morgan fingerprint density at radius 2 is 1.58 bits per heavy atom. The quantitative estimate of drug-likeness (QED) is 0.516. The first kappa shape index (κ1) is 16.5. The van der Waals surface area contributed by atoms with Gasteiger partial charge in [-0.1, -0.05) is 36.4 Å². The lowest BCUT2D eigenvalue weighted by molar-refractivity contribution is 0.496. The van der Waals surface area contributed by atoms with Gasteiger partial charge in [-0.05, 0) is 5.39 Å². The molecule has 0 bridgehead atoms. The molecule has 0 atom stereocenters. The number of H-pyrrole nitrogens is 1. The Morgan fingerprint density at radius 3 is 2.38 bits per heavy atom. The summed E-state index contributed by atoms with van der Waals surface area (Å²) in [5.74, 6) is -3.96. The summed E-state index contributed by atoms with van der Waals surface area (Å²) in [6.07, 6.45) is 1.28. The van der Waals surface area contributed by atoms with Gasteiger partial charge in [-0.3, -0.25) is 4.72 Å². The fourth-order valence-electron chi connectivity index (χ4n) is 2.87. The zero-order valence-electron chi connectivity index (χ0n) is 13.1. The summed E-state index contributed by atoms with van der Waals surface area (Å²) in [6.45, 7) is 0. The van der Waals surface area contributed by atoms with Gasteiger partial charge in [0.15, 0.2) is 11.6 Å². The molecular weight excluding hydrogens is 365 g/mol. The molecule has 26 heavy (non-hydrogen) atoms. The number of sulfonamides is 1. The molecule has 0 aliphatic rings. The maximum absolute atomic E-state index is 13.8. The monoisotopic (exact) mass is 376 g/mol. The fraction of sp³-hybridized carbons (Fsp3) is 0. The summed E-state index contributed by atoms with van der Waals surface area (Å²) in [5.41, 5.74) is -0.0618. The number of aromatic amines is 1. The molecule has 2 N–H and O–H groups in total. The highest BCUT2D eigenvalue weighted by atomic mass is 32.2. The van der Waals surface area contributed by atoms with Crippen molar-refractivity contribution < 1.29 is 21.6 Å². The molecule has 0 aliphatic heterocycles. The van der Waals surface area contributed by atoms with Crippen LogP contribution in [0.3, 0.4) is 0 Å². The molecule has 0 unspecified atom stereocenters. The molecule has 0 saturated carbocycles. The van der Waals surface area contributed by atoms with Crippen LogP contribution in [0.4, 0.5) is 18.9 Å². The molecule has 0 amide bonds. The number of anilines is 1.